The highest BCUT2D eigenvalue weighted by atomic mass is 32.2. The van der Waals surface area contributed by atoms with E-state index in [1.807, 2.05) is 0 Å². The van der Waals surface area contributed by atoms with Crippen LogP contribution in [0.5, 0.6) is 0 Å². The first kappa shape index (κ1) is 17.0. The smallest absolute Gasteiger partial charge is 0.251 e. The lowest BCUT2D eigenvalue weighted by molar-refractivity contribution is 0.0950. The van der Waals surface area contributed by atoms with Gasteiger partial charge in [0.15, 0.2) is 9.84 Å². The van der Waals surface area contributed by atoms with Crippen LogP contribution in [0.1, 0.15) is 36.5 Å². The largest absolute Gasteiger partial charge is 0.352 e. The molecule has 1 amide bonds. The Labute approximate surface area is 132 Å². The van der Waals surface area contributed by atoms with E-state index < -0.39 is 9.84 Å². The van der Waals surface area contributed by atoms with E-state index in [1.54, 1.807) is 19.1 Å². The molecule has 1 fully saturated rings. The molecule has 0 radical (unpaired) electrons. The van der Waals surface area contributed by atoms with E-state index in [0.717, 1.165) is 19.5 Å². The molecule has 1 heterocycles. The fourth-order valence-corrected chi connectivity index (χ4v) is 3.53. The van der Waals surface area contributed by atoms with Gasteiger partial charge in [0, 0.05) is 12.1 Å². The zero-order valence-electron chi connectivity index (χ0n) is 13.0. The third-order valence-corrected chi connectivity index (χ3v) is 5.84. The summed E-state index contributed by atoms with van der Waals surface area (Å²) in [4.78, 5) is 12.3. The van der Waals surface area contributed by atoms with Gasteiger partial charge in [0.25, 0.3) is 5.91 Å². The van der Waals surface area contributed by atoms with Crippen molar-refractivity contribution < 1.29 is 13.2 Å². The number of rotatable bonds is 6. The molecule has 1 aliphatic heterocycles. The summed E-state index contributed by atoms with van der Waals surface area (Å²) < 4.78 is 23.4. The van der Waals surface area contributed by atoms with E-state index in [1.165, 1.54) is 25.0 Å². The molecule has 2 N–H and O–H groups in total. The topological polar surface area (TPSA) is 75.3 Å². The van der Waals surface area contributed by atoms with Gasteiger partial charge in [0.05, 0.1) is 10.6 Å². The van der Waals surface area contributed by atoms with Gasteiger partial charge >= 0.3 is 0 Å². The predicted octanol–water partition coefficient (Wildman–Crippen LogP) is 1.60. The van der Waals surface area contributed by atoms with Crippen LogP contribution in [0.25, 0.3) is 0 Å². The minimum atomic E-state index is -3.21. The Morgan fingerprint density at radius 3 is 2.64 bits per heavy atom. The number of benzene rings is 1. The maximum absolute atomic E-state index is 12.0. The Hall–Kier alpha value is -1.40. The van der Waals surface area contributed by atoms with Crippen molar-refractivity contribution in [1.29, 1.82) is 0 Å². The second-order valence-electron chi connectivity index (χ2n) is 5.68. The number of carbonyl (C=O) groups is 1. The lowest BCUT2D eigenvalue weighted by Crippen LogP contribution is -2.33. The predicted molar refractivity (Wildman–Crippen MR) is 86.7 cm³/mol. The average molecular weight is 324 g/mol. The first-order valence-electron chi connectivity index (χ1n) is 7.84. The van der Waals surface area contributed by atoms with Gasteiger partial charge in [-0.2, -0.15) is 0 Å². The monoisotopic (exact) mass is 324 g/mol. The van der Waals surface area contributed by atoms with Crippen LogP contribution in [0.4, 0.5) is 0 Å². The van der Waals surface area contributed by atoms with E-state index in [4.69, 9.17) is 0 Å². The molecule has 0 saturated carbocycles. The highest BCUT2D eigenvalue weighted by molar-refractivity contribution is 7.91. The quantitative estimate of drug-likeness (QED) is 0.833. The highest BCUT2D eigenvalue weighted by Gasteiger charge is 2.14. The van der Waals surface area contributed by atoms with E-state index in [-0.39, 0.29) is 16.6 Å². The summed E-state index contributed by atoms with van der Waals surface area (Å²) in [5.41, 5.74) is 0.497. The molecule has 1 unspecified atom stereocenters. The van der Waals surface area contributed by atoms with E-state index in [2.05, 4.69) is 10.6 Å². The summed E-state index contributed by atoms with van der Waals surface area (Å²) in [5.74, 6) is 0.545. The fraction of sp³-hybridized carbons (Fsp3) is 0.562. The molecule has 122 valence electrons. The van der Waals surface area contributed by atoms with Crippen molar-refractivity contribution in [1.82, 2.24) is 10.6 Å². The minimum Gasteiger partial charge on any atom is -0.352 e. The second kappa shape index (κ2) is 7.74. The Balaban J connectivity index is 1.84. The summed E-state index contributed by atoms with van der Waals surface area (Å²) in [6.07, 6.45) is 3.39. The van der Waals surface area contributed by atoms with Crippen molar-refractivity contribution in [2.24, 2.45) is 5.92 Å². The Kier molecular flexibility index (Phi) is 5.97. The lowest BCUT2D eigenvalue weighted by Gasteiger charge is -2.22. The molecular weight excluding hydrogens is 300 g/mol. The van der Waals surface area contributed by atoms with Crippen molar-refractivity contribution in [2.45, 2.75) is 31.1 Å². The number of hydrogen-bond acceptors (Lipinski definition) is 4. The summed E-state index contributed by atoms with van der Waals surface area (Å²) in [6.45, 7) is 4.38. The van der Waals surface area contributed by atoms with E-state index in [9.17, 15) is 13.2 Å². The zero-order valence-corrected chi connectivity index (χ0v) is 13.8. The van der Waals surface area contributed by atoms with Crippen LogP contribution in [-0.2, 0) is 9.84 Å². The molecule has 2 rings (SSSR count). The molecule has 1 saturated heterocycles. The third kappa shape index (κ3) is 4.55. The summed E-state index contributed by atoms with van der Waals surface area (Å²) >= 11 is 0. The van der Waals surface area contributed by atoms with Gasteiger partial charge in [-0.25, -0.2) is 8.42 Å². The molecule has 6 heteroatoms. The van der Waals surface area contributed by atoms with Crippen molar-refractivity contribution >= 4 is 15.7 Å². The van der Waals surface area contributed by atoms with Gasteiger partial charge in [-0.1, -0.05) is 6.92 Å². The minimum absolute atomic E-state index is 0.0635. The Bertz CT molecular complexity index is 590. The van der Waals surface area contributed by atoms with Gasteiger partial charge in [0.2, 0.25) is 0 Å². The number of carbonyl (C=O) groups excluding carboxylic acids is 1. The average Bonchev–Trinajstić information content (AvgIpc) is 2.56. The van der Waals surface area contributed by atoms with Crippen molar-refractivity contribution in [3.05, 3.63) is 29.8 Å². The second-order valence-corrected chi connectivity index (χ2v) is 7.96. The molecule has 1 aromatic carbocycles. The van der Waals surface area contributed by atoms with Gasteiger partial charge in [0.1, 0.15) is 0 Å². The van der Waals surface area contributed by atoms with Crippen LogP contribution in [0.15, 0.2) is 29.2 Å². The normalized spacial score (nSPS) is 18.9. The standard InChI is InChI=1S/C16H24N2O3S/c1-2-22(20,21)15-7-5-14(6-8-15)16(19)18-11-9-13-4-3-10-17-12-13/h5-8,13,17H,2-4,9-12H2,1H3,(H,18,19). The molecule has 1 aliphatic rings. The molecule has 5 nitrogen and oxygen atoms in total. The summed E-state index contributed by atoms with van der Waals surface area (Å²) in [6, 6.07) is 6.14. The highest BCUT2D eigenvalue weighted by Crippen LogP contribution is 2.14. The third-order valence-electron chi connectivity index (χ3n) is 4.09. The molecular formula is C16H24N2O3S. The maximum atomic E-state index is 12.0. The molecule has 0 bridgehead atoms. The summed E-state index contributed by atoms with van der Waals surface area (Å²) in [5, 5.41) is 6.26. The van der Waals surface area contributed by atoms with Crippen LogP contribution in [0.3, 0.4) is 0 Å². The molecule has 1 aromatic rings. The van der Waals surface area contributed by atoms with Crippen LogP contribution in [0.2, 0.25) is 0 Å². The van der Waals surface area contributed by atoms with Gasteiger partial charge in [-0.15, -0.1) is 0 Å². The van der Waals surface area contributed by atoms with Crippen molar-refractivity contribution in [2.75, 3.05) is 25.4 Å². The van der Waals surface area contributed by atoms with Crippen molar-refractivity contribution in [3.8, 4) is 0 Å². The van der Waals surface area contributed by atoms with E-state index >= 15 is 0 Å². The molecule has 22 heavy (non-hydrogen) atoms. The Morgan fingerprint density at radius 1 is 1.32 bits per heavy atom. The fourth-order valence-electron chi connectivity index (χ4n) is 2.64. The molecule has 0 aliphatic carbocycles. The number of hydrogen-bond donors (Lipinski definition) is 2. The molecule has 0 spiro atoms. The maximum Gasteiger partial charge on any atom is 0.251 e. The van der Waals surface area contributed by atoms with Gasteiger partial charge in [-0.3, -0.25) is 4.79 Å². The molecule has 1 atom stereocenters. The number of piperidine rings is 1. The number of sulfone groups is 1. The first-order chi connectivity index (χ1) is 10.5. The summed E-state index contributed by atoms with van der Waals surface area (Å²) in [7, 11) is -3.21. The van der Waals surface area contributed by atoms with Gasteiger partial charge in [-0.05, 0) is 62.5 Å². The number of nitrogens with one attached hydrogen (secondary N) is 2. The molecule has 0 aromatic heterocycles. The van der Waals surface area contributed by atoms with Crippen molar-refractivity contribution in [3.63, 3.8) is 0 Å². The zero-order chi connectivity index (χ0) is 16.0. The Morgan fingerprint density at radius 2 is 2.05 bits per heavy atom. The van der Waals surface area contributed by atoms with Crippen LogP contribution >= 0.6 is 0 Å². The number of amides is 1. The van der Waals surface area contributed by atoms with Crippen LogP contribution in [-0.4, -0.2) is 39.7 Å². The van der Waals surface area contributed by atoms with Gasteiger partial charge < -0.3 is 10.6 Å². The SMILES string of the molecule is CCS(=O)(=O)c1ccc(C(=O)NCCC2CCCNC2)cc1. The van der Waals surface area contributed by atoms with Crippen LogP contribution < -0.4 is 10.6 Å². The lowest BCUT2D eigenvalue weighted by atomic mass is 9.96. The first-order valence-corrected chi connectivity index (χ1v) is 9.50. The van der Waals surface area contributed by atoms with Crippen LogP contribution in [0, 0.1) is 5.92 Å². The van der Waals surface area contributed by atoms with E-state index in [0.29, 0.717) is 18.0 Å².